The maximum atomic E-state index is 12.7. The van der Waals surface area contributed by atoms with Crippen molar-refractivity contribution in [1.82, 2.24) is 14.8 Å². The van der Waals surface area contributed by atoms with Crippen LogP contribution in [0.4, 0.5) is 4.79 Å². The second-order valence-corrected chi connectivity index (χ2v) is 5.67. The Morgan fingerprint density at radius 3 is 3.00 bits per heavy atom. The SMILES string of the molecule is CCOc1ncccc1C(=O)N1CC[C@@]2(CN(C)C(=O)O2)C1. The molecule has 2 aliphatic rings. The Balaban J connectivity index is 1.76. The third-order valence-electron chi connectivity index (χ3n) is 4.03. The molecule has 0 aromatic carbocycles. The zero-order chi connectivity index (χ0) is 15.7. The van der Waals surface area contributed by atoms with Crippen LogP contribution in [-0.4, -0.2) is 65.7 Å². The van der Waals surface area contributed by atoms with Gasteiger partial charge < -0.3 is 19.3 Å². The first-order valence-corrected chi connectivity index (χ1v) is 7.36. The van der Waals surface area contributed by atoms with Gasteiger partial charge in [-0.2, -0.15) is 0 Å². The second-order valence-electron chi connectivity index (χ2n) is 5.67. The molecule has 0 radical (unpaired) electrons. The molecule has 2 fully saturated rings. The fourth-order valence-electron chi connectivity index (χ4n) is 3.00. The number of hydrogen-bond acceptors (Lipinski definition) is 5. The van der Waals surface area contributed by atoms with Gasteiger partial charge in [0.05, 0.1) is 19.7 Å². The molecule has 7 heteroatoms. The van der Waals surface area contributed by atoms with Gasteiger partial charge in [0, 0.05) is 26.2 Å². The molecule has 0 aliphatic carbocycles. The molecule has 0 unspecified atom stereocenters. The number of carbonyl (C=O) groups excluding carboxylic acids is 2. The molecule has 0 saturated carbocycles. The highest BCUT2D eigenvalue weighted by Gasteiger charge is 2.49. The lowest BCUT2D eigenvalue weighted by atomic mass is 10.0. The molecule has 0 N–H and O–H groups in total. The summed E-state index contributed by atoms with van der Waals surface area (Å²) in [5, 5.41) is 0. The van der Waals surface area contributed by atoms with E-state index in [2.05, 4.69) is 4.98 Å². The average molecular weight is 305 g/mol. The molecule has 3 rings (SSSR count). The van der Waals surface area contributed by atoms with Crippen molar-refractivity contribution in [3.8, 4) is 5.88 Å². The lowest BCUT2D eigenvalue weighted by Gasteiger charge is -2.22. The molecular weight excluding hydrogens is 286 g/mol. The number of pyridine rings is 1. The van der Waals surface area contributed by atoms with Crippen LogP contribution < -0.4 is 4.74 Å². The number of aromatic nitrogens is 1. The summed E-state index contributed by atoms with van der Waals surface area (Å²) >= 11 is 0. The molecule has 22 heavy (non-hydrogen) atoms. The Morgan fingerprint density at radius 1 is 1.50 bits per heavy atom. The number of carbonyl (C=O) groups is 2. The van der Waals surface area contributed by atoms with Crippen LogP contribution in [0.1, 0.15) is 23.7 Å². The minimum Gasteiger partial charge on any atom is -0.477 e. The Hall–Kier alpha value is -2.31. The standard InChI is InChI=1S/C15H19N3O4/c1-3-21-12-11(5-4-7-16-12)13(19)18-8-6-15(10-18)9-17(2)14(20)22-15/h4-5,7H,3,6,8-10H2,1-2H3/t15-/m1/s1. The molecule has 2 saturated heterocycles. The van der Waals surface area contributed by atoms with E-state index in [4.69, 9.17) is 9.47 Å². The minimum absolute atomic E-state index is 0.140. The van der Waals surface area contributed by atoms with E-state index in [1.165, 1.54) is 0 Å². The molecule has 0 bridgehead atoms. The van der Waals surface area contributed by atoms with Gasteiger partial charge in [0.25, 0.3) is 5.91 Å². The third kappa shape index (κ3) is 2.47. The van der Waals surface area contributed by atoms with Crippen LogP contribution in [0.15, 0.2) is 18.3 Å². The number of likely N-dealkylation sites (N-methyl/N-ethyl adjacent to an activating group) is 1. The van der Waals surface area contributed by atoms with E-state index < -0.39 is 5.60 Å². The average Bonchev–Trinajstić information content (AvgIpc) is 3.03. The molecule has 2 amide bonds. The van der Waals surface area contributed by atoms with Crippen molar-refractivity contribution >= 4 is 12.0 Å². The van der Waals surface area contributed by atoms with E-state index in [0.717, 1.165) is 0 Å². The smallest absolute Gasteiger partial charge is 0.410 e. The topological polar surface area (TPSA) is 72.0 Å². The van der Waals surface area contributed by atoms with Crippen molar-refractivity contribution < 1.29 is 19.1 Å². The predicted octanol–water partition coefficient (Wildman–Crippen LogP) is 1.15. The number of hydrogen-bond donors (Lipinski definition) is 0. The quantitative estimate of drug-likeness (QED) is 0.837. The number of rotatable bonds is 3. The summed E-state index contributed by atoms with van der Waals surface area (Å²) in [6.45, 7) is 3.77. The van der Waals surface area contributed by atoms with Gasteiger partial charge in [-0.1, -0.05) is 0 Å². The first-order chi connectivity index (χ1) is 10.5. The number of nitrogens with zero attached hydrogens (tertiary/aromatic N) is 3. The van der Waals surface area contributed by atoms with Crippen molar-refractivity contribution in [3.63, 3.8) is 0 Å². The number of amides is 2. The Labute approximate surface area is 128 Å². The first-order valence-electron chi connectivity index (χ1n) is 7.36. The largest absolute Gasteiger partial charge is 0.477 e. The molecule has 118 valence electrons. The van der Waals surface area contributed by atoms with Gasteiger partial charge in [-0.3, -0.25) is 4.79 Å². The van der Waals surface area contributed by atoms with Crippen LogP contribution in [0, 0.1) is 0 Å². The summed E-state index contributed by atoms with van der Waals surface area (Å²) in [5.41, 5.74) is -0.130. The fraction of sp³-hybridized carbons (Fsp3) is 0.533. The highest BCUT2D eigenvalue weighted by molar-refractivity contribution is 5.96. The normalized spacial score (nSPS) is 24.0. The number of ether oxygens (including phenoxy) is 2. The van der Waals surface area contributed by atoms with Crippen molar-refractivity contribution in [2.75, 3.05) is 33.3 Å². The third-order valence-corrected chi connectivity index (χ3v) is 4.03. The van der Waals surface area contributed by atoms with E-state index in [1.807, 2.05) is 6.92 Å². The van der Waals surface area contributed by atoms with Crippen LogP contribution in [0.5, 0.6) is 5.88 Å². The molecule has 3 heterocycles. The van der Waals surface area contributed by atoms with E-state index in [1.54, 1.807) is 35.2 Å². The fourth-order valence-corrected chi connectivity index (χ4v) is 3.00. The van der Waals surface area contributed by atoms with Crippen LogP contribution in [0.3, 0.4) is 0 Å². The van der Waals surface area contributed by atoms with Crippen LogP contribution in [0.2, 0.25) is 0 Å². The Morgan fingerprint density at radius 2 is 2.32 bits per heavy atom. The van der Waals surface area contributed by atoms with Crippen molar-refractivity contribution in [3.05, 3.63) is 23.9 Å². The van der Waals surface area contributed by atoms with Gasteiger partial charge in [0.2, 0.25) is 5.88 Å². The van der Waals surface area contributed by atoms with Gasteiger partial charge in [-0.25, -0.2) is 9.78 Å². The van der Waals surface area contributed by atoms with Crippen molar-refractivity contribution in [1.29, 1.82) is 0 Å². The molecule has 7 nitrogen and oxygen atoms in total. The second kappa shape index (κ2) is 5.47. The van der Waals surface area contributed by atoms with Gasteiger partial charge >= 0.3 is 6.09 Å². The lowest BCUT2D eigenvalue weighted by Crippen LogP contribution is -2.39. The summed E-state index contributed by atoms with van der Waals surface area (Å²) in [5.74, 6) is 0.204. The van der Waals surface area contributed by atoms with Crippen LogP contribution in [0.25, 0.3) is 0 Å². The highest BCUT2D eigenvalue weighted by atomic mass is 16.6. The van der Waals surface area contributed by atoms with Gasteiger partial charge in [-0.15, -0.1) is 0 Å². The number of likely N-dealkylation sites (tertiary alicyclic amines) is 1. The Kier molecular flexibility index (Phi) is 3.64. The van der Waals surface area contributed by atoms with Crippen LogP contribution in [-0.2, 0) is 4.74 Å². The molecule has 1 atom stereocenters. The minimum atomic E-state index is -0.574. The van der Waals surface area contributed by atoms with E-state index in [9.17, 15) is 9.59 Å². The zero-order valence-electron chi connectivity index (χ0n) is 12.7. The Bertz CT molecular complexity index is 606. The van der Waals surface area contributed by atoms with Gasteiger partial charge in [0.15, 0.2) is 5.60 Å². The van der Waals surface area contributed by atoms with E-state index in [0.29, 0.717) is 44.1 Å². The molecular formula is C15H19N3O4. The molecule has 2 aliphatic heterocycles. The summed E-state index contributed by atoms with van der Waals surface area (Å²) in [6.07, 6.45) is 1.92. The van der Waals surface area contributed by atoms with Crippen molar-refractivity contribution in [2.24, 2.45) is 0 Å². The first kappa shape index (κ1) is 14.6. The molecule has 1 aromatic rings. The maximum Gasteiger partial charge on any atom is 0.410 e. The summed E-state index contributed by atoms with van der Waals surface area (Å²) in [4.78, 5) is 31.6. The monoisotopic (exact) mass is 305 g/mol. The van der Waals surface area contributed by atoms with E-state index in [-0.39, 0.29) is 12.0 Å². The zero-order valence-corrected chi connectivity index (χ0v) is 12.7. The molecule has 1 aromatic heterocycles. The van der Waals surface area contributed by atoms with Crippen LogP contribution >= 0.6 is 0 Å². The van der Waals surface area contributed by atoms with Gasteiger partial charge in [-0.05, 0) is 19.1 Å². The predicted molar refractivity (Wildman–Crippen MR) is 77.8 cm³/mol. The van der Waals surface area contributed by atoms with Crippen molar-refractivity contribution in [2.45, 2.75) is 18.9 Å². The summed E-state index contributed by atoms with van der Waals surface area (Å²) in [7, 11) is 1.70. The molecule has 1 spiro atoms. The highest BCUT2D eigenvalue weighted by Crippen LogP contribution is 2.33. The van der Waals surface area contributed by atoms with E-state index >= 15 is 0 Å². The summed E-state index contributed by atoms with van der Waals surface area (Å²) in [6, 6.07) is 3.42. The lowest BCUT2D eigenvalue weighted by molar-refractivity contribution is 0.0550. The van der Waals surface area contributed by atoms with Gasteiger partial charge in [0.1, 0.15) is 5.56 Å². The summed E-state index contributed by atoms with van der Waals surface area (Å²) < 4.78 is 10.9. The maximum absolute atomic E-state index is 12.7.